The van der Waals surface area contributed by atoms with E-state index in [-0.39, 0.29) is 11.5 Å². The van der Waals surface area contributed by atoms with Crippen LogP contribution in [0.4, 0.5) is 0 Å². The van der Waals surface area contributed by atoms with E-state index in [1.165, 1.54) is 0 Å². The number of hydrogen-bond acceptors (Lipinski definition) is 5. The van der Waals surface area contributed by atoms with Gasteiger partial charge in [-0.2, -0.15) is 0 Å². The number of nitrogens with two attached hydrogens (primary N) is 1. The van der Waals surface area contributed by atoms with Gasteiger partial charge < -0.3 is 5.73 Å². The Morgan fingerprint density at radius 1 is 1.31 bits per heavy atom. The monoisotopic (exact) mass is 241 g/mol. The van der Waals surface area contributed by atoms with Crippen LogP contribution in [0.5, 0.6) is 0 Å². The Hall–Kier alpha value is -1.01. The normalized spacial score (nSPS) is 17.4. The highest BCUT2D eigenvalue weighted by Crippen LogP contribution is 2.25. The Bertz CT molecular complexity index is 511. The van der Waals surface area contributed by atoms with Gasteiger partial charge in [0.05, 0.1) is 17.2 Å². The molecule has 0 saturated carbocycles. The third-order valence-corrected chi connectivity index (χ3v) is 4.11. The highest BCUT2D eigenvalue weighted by atomic mass is 32.2. The van der Waals surface area contributed by atoms with Gasteiger partial charge in [-0.15, -0.1) is 0 Å². The van der Waals surface area contributed by atoms with E-state index in [4.69, 9.17) is 5.73 Å². The first-order chi connectivity index (χ1) is 7.52. The van der Waals surface area contributed by atoms with Crippen LogP contribution in [0.1, 0.15) is 29.2 Å². The summed E-state index contributed by atoms with van der Waals surface area (Å²) >= 11 is 0. The largest absolute Gasteiger partial charge is 0.330 e. The predicted octanol–water partition coefficient (Wildman–Crippen LogP) is 0.105. The van der Waals surface area contributed by atoms with Gasteiger partial charge in [0.15, 0.2) is 9.84 Å². The highest BCUT2D eigenvalue weighted by molar-refractivity contribution is 7.90. The van der Waals surface area contributed by atoms with Gasteiger partial charge in [0.25, 0.3) is 0 Å². The van der Waals surface area contributed by atoms with E-state index in [1.54, 1.807) is 0 Å². The van der Waals surface area contributed by atoms with Crippen molar-refractivity contribution in [3.05, 3.63) is 22.8 Å². The molecule has 0 unspecified atom stereocenters. The molecule has 0 amide bonds. The van der Waals surface area contributed by atoms with Gasteiger partial charge in [-0.25, -0.2) is 18.4 Å². The molecular formula is C10H15N3O2S. The molecule has 6 heteroatoms. The lowest BCUT2D eigenvalue weighted by Crippen LogP contribution is -2.06. The van der Waals surface area contributed by atoms with Crippen LogP contribution in [0, 0.1) is 6.92 Å². The molecule has 1 aromatic rings. The lowest BCUT2D eigenvalue weighted by atomic mass is 10.2. The minimum absolute atomic E-state index is 0.0569. The van der Waals surface area contributed by atoms with Crippen molar-refractivity contribution in [2.45, 2.75) is 31.3 Å². The third-order valence-electron chi connectivity index (χ3n) is 2.67. The molecule has 5 nitrogen and oxygen atoms in total. The summed E-state index contributed by atoms with van der Waals surface area (Å²) in [6, 6.07) is 0. The number of aromatic nitrogens is 2. The number of sulfone groups is 1. The molecule has 0 radical (unpaired) electrons. The van der Waals surface area contributed by atoms with Crippen LogP contribution >= 0.6 is 0 Å². The molecule has 2 N–H and O–H groups in total. The van der Waals surface area contributed by atoms with Gasteiger partial charge in [0, 0.05) is 17.7 Å². The smallest absolute Gasteiger partial charge is 0.160 e. The van der Waals surface area contributed by atoms with E-state index in [0.717, 1.165) is 17.7 Å². The second-order valence-corrected chi connectivity index (χ2v) is 6.14. The van der Waals surface area contributed by atoms with E-state index in [0.29, 0.717) is 24.5 Å². The quantitative estimate of drug-likeness (QED) is 0.811. The van der Waals surface area contributed by atoms with Crippen molar-refractivity contribution in [1.29, 1.82) is 0 Å². The number of nitrogens with zero attached hydrogens (tertiary/aromatic N) is 2. The van der Waals surface area contributed by atoms with E-state index < -0.39 is 9.84 Å². The zero-order valence-corrected chi connectivity index (χ0v) is 10.0. The Labute approximate surface area is 95.0 Å². The molecule has 88 valence electrons. The van der Waals surface area contributed by atoms with Gasteiger partial charge >= 0.3 is 0 Å². The topological polar surface area (TPSA) is 85.9 Å². The van der Waals surface area contributed by atoms with Crippen LogP contribution in [-0.2, 0) is 27.8 Å². The lowest BCUT2D eigenvalue weighted by molar-refractivity contribution is 0.597. The Morgan fingerprint density at radius 2 is 2.06 bits per heavy atom. The van der Waals surface area contributed by atoms with E-state index in [9.17, 15) is 8.42 Å². The van der Waals surface area contributed by atoms with Gasteiger partial charge in [-0.1, -0.05) is 0 Å². The second-order valence-electron chi connectivity index (χ2n) is 4.07. The standard InChI is InChI=1S/C10H15N3O2S/c1-7-8-5-16(14,15)6-9(8)13-10(12-7)3-2-4-11/h2-6,11H2,1H3. The average Bonchev–Trinajstić information content (AvgIpc) is 2.50. The summed E-state index contributed by atoms with van der Waals surface area (Å²) in [7, 11) is -2.99. The maximum atomic E-state index is 11.5. The molecule has 0 aromatic carbocycles. The molecule has 0 spiro atoms. The van der Waals surface area contributed by atoms with Gasteiger partial charge in [-0.05, 0) is 19.9 Å². The summed E-state index contributed by atoms with van der Waals surface area (Å²) in [4.78, 5) is 8.62. The van der Waals surface area contributed by atoms with Crippen LogP contribution < -0.4 is 5.73 Å². The molecule has 0 fully saturated rings. The SMILES string of the molecule is Cc1nc(CCCN)nc2c1CS(=O)(=O)C2. The summed E-state index contributed by atoms with van der Waals surface area (Å²) in [5.74, 6) is 0.853. The number of hydrogen-bond donors (Lipinski definition) is 1. The van der Waals surface area contributed by atoms with Crippen LogP contribution in [0.15, 0.2) is 0 Å². The molecule has 16 heavy (non-hydrogen) atoms. The van der Waals surface area contributed by atoms with Crippen molar-refractivity contribution >= 4 is 9.84 Å². The van der Waals surface area contributed by atoms with Crippen molar-refractivity contribution in [3.63, 3.8) is 0 Å². The van der Waals surface area contributed by atoms with Crippen molar-refractivity contribution < 1.29 is 8.42 Å². The number of fused-ring (bicyclic) bond motifs is 1. The molecule has 0 atom stereocenters. The van der Waals surface area contributed by atoms with Crippen molar-refractivity contribution in [2.24, 2.45) is 5.73 Å². The summed E-state index contributed by atoms with van der Waals surface area (Å²) in [5, 5.41) is 0. The Balaban J connectivity index is 2.34. The maximum Gasteiger partial charge on any atom is 0.160 e. The van der Waals surface area contributed by atoms with Gasteiger partial charge in [0.2, 0.25) is 0 Å². The molecule has 1 aromatic heterocycles. The summed E-state index contributed by atoms with van der Waals surface area (Å²) in [6.07, 6.45) is 1.54. The van der Waals surface area contributed by atoms with Crippen molar-refractivity contribution in [3.8, 4) is 0 Å². The Morgan fingerprint density at radius 3 is 2.75 bits per heavy atom. The first kappa shape index (κ1) is 11.5. The van der Waals surface area contributed by atoms with Crippen LogP contribution in [0.25, 0.3) is 0 Å². The fourth-order valence-electron chi connectivity index (χ4n) is 1.88. The van der Waals surface area contributed by atoms with Crippen LogP contribution in [0.2, 0.25) is 0 Å². The minimum atomic E-state index is -2.99. The second kappa shape index (κ2) is 4.10. The van der Waals surface area contributed by atoms with E-state index >= 15 is 0 Å². The number of rotatable bonds is 3. The summed E-state index contributed by atoms with van der Waals surface area (Å²) in [6.45, 7) is 2.44. The molecule has 0 bridgehead atoms. The zero-order chi connectivity index (χ0) is 11.8. The van der Waals surface area contributed by atoms with Crippen LogP contribution in [0.3, 0.4) is 0 Å². The molecule has 0 aliphatic carbocycles. The summed E-state index contributed by atoms with van der Waals surface area (Å²) < 4.78 is 23.0. The molecule has 2 heterocycles. The van der Waals surface area contributed by atoms with E-state index in [1.807, 2.05) is 6.92 Å². The zero-order valence-electron chi connectivity index (χ0n) is 9.23. The average molecular weight is 241 g/mol. The fourth-order valence-corrected chi connectivity index (χ4v) is 3.45. The molecule has 2 rings (SSSR count). The van der Waals surface area contributed by atoms with Crippen molar-refractivity contribution in [1.82, 2.24) is 9.97 Å². The maximum absolute atomic E-state index is 11.5. The third kappa shape index (κ3) is 2.22. The molecule has 1 aliphatic rings. The van der Waals surface area contributed by atoms with Crippen molar-refractivity contribution in [2.75, 3.05) is 6.54 Å². The first-order valence-electron chi connectivity index (χ1n) is 5.27. The van der Waals surface area contributed by atoms with Gasteiger partial charge in [-0.3, -0.25) is 0 Å². The molecule has 0 saturated heterocycles. The minimum Gasteiger partial charge on any atom is -0.330 e. The molecular weight excluding hydrogens is 226 g/mol. The number of aryl methyl sites for hydroxylation is 2. The Kier molecular flexibility index (Phi) is 2.94. The molecule has 1 aliphatic heterocycles. The van der Waals surface area contributed by atoms with Crippen LogP contribution in [-0.4, -0.2) is 24.9 Å². The lowest BCUT2D eigenvalue weighted by Gasteiger charge is -2.04. The first-order valence-corrected chi connectivity index (χ1v) is 7.10. The summed E-state index contributed by atoms with van der Waals surface area (Å²) in [5.41, 5.74) is 7.68. The van der Waals surface area contributed by atoms with Gasteiger partial charge in [0.1, 0.15) is 5.82 Å². The highest BCUT2D eigenvalue weighted by Gasteiger charge is 2.28. The predicted molar refractivity (Wildman–Crippen MR) is 60.5 cm³/mol. The van der Waals surface area contributed by atoms with E-state index in [2.05, 4.69) is 9.97 Å². The fraction of sp³-hybridized carbons (Fsp3) is 0.600.